The summed E-state index contributed by atoms with van der Waals surface area (Å²) >= 11 is 0. The average molecular weight is 273 g/mol. The summed E-state index contributed by atoms with van der Waals surface area (Å²) in [5.74, 6) is -0.0559. The maximum absolute atomic E-state index is 12.2. The minimum Gasteiger partial charge on any atom is -0.394 e. The predicted molar refractivity (Wildman–Crippen MR) is 74.5 cm³/mol. The Hall–Kier alpha value is -1.30. The van der Waals surface area contributed by atoms with E-state index in [0.29, 0.717) is 19.3 Å². The number of aliphatic hydroxyl groups excluding tert-OH is 1. The van der Waals surface area contributed by atoms with Crippen LogP contribution in [0.1, 0.15) is 47.0 Å². The number of nitrogens with one attached hydrogen (secondary N) is 2. The molecule has 0 saturated heterocycles. The zero-order valence-electron chi connectivity index (χ0n) is 12.3. The van der Waals surface area contributed by atoms with Crippen LogP contribution >= 0.6 is 0 Å². The SMILES string of the molecule is CCC(CC)(CO)NC(=O)C(CC(C)C)NC(N)=O. The second kappa shape index (κ2) is 7.99. The van der Waals surface area contributed by atoms with Crippen LogP contribution in [0.25, 0.3) is 0 Å². The van der Waals surface area contributed by atoms with E-state index in [2.05, 4.69) is 10.6 Å². The molecule has 3 amide bonds. The van der Waals surface area contributed by atoms with Crippen LogP contribution in [0.15, 0.2) is 0 Å². The first-order valence-electron chi connectivity index (χ1n) is 6.79. The van der Waals surface area contributed by atoms with Crippen molar-refractivity contribution < 1.29 is 14.7 Å². The summed E-state index contributed by atoms with van der Waals surface area (Å²) in [4.78, 5) is 23.2. The Labute approximate surface area is 115 Å². The molecule has 0 fully saturated rings. The summed E-state index contributed by atoms with van der Waals surface area (Å²) in [5.41, 5.74) is 4.46. The van der Waals surface area contributed by atoms with Gasteiger partial charge in [-0.05, 0) is 25.2 Å². The quantitative estimate of drug-likeness (QED) is 0.524. The number of hydrogen-bond acceptors (Lipinski definition) is 3. The van der Waals surface area contributed by atoms with Crippen LogP contribution < -0.4 is 16.4 Å². The lowest BCUT2D eigenvalue weighted by Crippen LogP contribution is -2.57. The lowest BCUT2D eigenvalue weighted by Gasteiger charge is -2.33. The zero-order valence-corrected chi connectivity index (χ0v) is 12.3. The molecule has 6 heteroatoms. The Balaban J connectivity index is 4.83. The first kappa shape index (κ1) is 17.7. The van der Waals surface area contributed by atoms with Crippen molar-refractivity contribution >= 4 is 11.9 Å². The van der Waals surface area contributed by atoms with Gasteiger partial charge in [0.2, 0.25) is 5.91 Å². The fraction of sp³-hybridized carbons (Fsp3) is 0.846. The van der Waals surface area contributed by atoms with Gasteiger partial charge in [0.15, 0.2) is 0 Å². The number of nitrogens with two attached hydrogens (primary N) is 1. The predicted octanol–water partition coefficient (Wildman–Crippen LogP) is 0.737. The molecule has 0 aliphatic carbocycles. The van der Waals surface area contributed by atoms with Crippen LogP contribution in [0.2, 0.25) is 0 Å². The number of carbonyl (C=O) groups is 2. The van der Waals surface area contributed by atoms with Gasteiger partial charge in [0.1, 0.15) is 6.04 Å². The van der Waals surface area contributed by atoms with Gasteiger partial charge in [-0.3, -0.25) is 4.79 Å². The summed E-state index contributed by atoms with van der Waals surface area (Å²) in [5, 5.41) is 14.7. The maximum Gasteiger partial charge on any atom is 0.312 e. The number of carbonyl (C=O) groups excluding carboxylic acids is 2. The van der Waals surface area contributed by atoms with E-state index < -0.39 is 17.6 Å². The van der Waals surface area contributed by atoms with E-state index in [0.717, 1.165) is 0 Å². The number of primary amides is 1. The molecule has 0 aromatic rings. The standard InChI is InChI=1S/C13H27N3O3/c1-5-13(6-2,8-17)16-11(18)10(7-9(3)4)15-12(14)19/h9-10,17H,5-8H2,1-4H3,(H,16,18)(H3,14,15,19). The van der Waals surface area contributed by atoms with Crippen LogP contribution in [0.4, 0.5) is 4.79 Å². The highest BCUT2D eigenvalue weighted by molar-refractivity contribution is 5.87. The first-order chi connectivity index (χ1) is 8.80. The lowest BCUT2D eigenvalue weighted by molar-refractivity contribution is -0.126. The summed E-state index contributed by atoms with van der Waals surface area (Å²) in [6.45, 7) is 7.60. The third kappa shape index (κ3) is 5.92. The molecule has 0 bridgehead atoms. The third-order valence-electron chi connectivity index (χ3n) is 3.38. The smallest absolute Gasteiger partial charge is 0.312 e. The van der Waals surface area contributed by atoms with Crippen LogP contribution in [0, 0.1) is 5.92 Å². The van der Waals surface area contributed by atoms with Crippen molar-refractivity contribution in [1.29, 1.82) is 0 Å². The molecule has 0 aromatic carbocycles. The average Bonchev–Trinajstić information content (AvgIpc) is 2.34. The summed E-state index contributed by atoms with van der Waals surface area (Å²) in [6, 6.07) is -1.38. The topological polar surface area (TPSA) is 104 Å². The van der Waals surface area contributed by atoms with E-state index in [1.807, 2.05) is 27.7 Å². The Morgan fingerprint density at radius 3 is 2.11 bits per heavy atom. The van der Waals surface area contributed by atoms with Gasteiger partial charge in [0.05, 0.1) is 12.1 Å². The first-order valence-corrected chi connectivity index (χ1v) is 6.79. The van der Waals surface area contributed by atoms with E-state index in [-0.39, 0.29) is 18.4 Å². The zero-order chi connectivity index (χ0) is 15.1. The van der Waals surface area contributed by atoms with Crippen LogP contribution in [0.3, 0.4) is 0 Å². The molecular formula is C13H27N3O3. The van der Waals surface area contributed by atoms with Crippen molar-refractivity contribution in [2.75, 3.05) is 6.61 Å². The van der Waals surface area contributed by atoms with E-state index in [1.54, 1.807) is 0 Å². The van der Waals surface area contributed by atoms with Gasteiger partial charge in [-0.1, -0.05) is 27.7 Å². The van der Waals surface area contributed by atoms with Crippen LogP contribution in [-0.4, -0.2) is 35.2 Å². The largest absolute Gasteiger partial charge is 0.394 e. The third-order valence-corrected chi connectivity index (χ3v) is 3.38. The molecule has 5 N–H and O–H groups in total. The normalized spacial score (nSPS) is 13.2. The molecule has 0 radical (unpaired) electrons. The molecular weight excluding hydrogens is 246 g/mol. The highest BCUT2D eigenvalue weighted by Gasteiger charge is 2.31. The van der Waals surface area contributed by atoms with Gasteiger partial charge < -0.3 is 21.5 Å². The Morgan fingerprint density at radius 2 is 1.79 bits per heavy atom. The maximum atomic E-state index is 12.2. The molecule has 19 heavy (non-hydrogen) atoms. The summed E-state index contributed by atoms with van der Waals surface area (Å²) < 4.78 is 0. The van der Waals surface area contributed by atoms with Crippen molar-refractivity contribution in [3.63, 3.8) is 0 Å². The number of amides is 3. The van der Waals surface area contributed by atoms with Gasteiger partial charge in [-0.25, -0.2) is 4.79 Å². The van der Waals surface area contributed by atoms with Crippen LogP contribution in [-0.2, 0) is 4.79 Å². The molecule has 0 aliphatic heterocycles. The molecule has 112 valence electrons. The molecule has 6 nitrogen and oxygen atoms in total. The Morgan fingerprint density at radius 1 is 1.26 bits per heavy atom. The molecule has 0 rings (SSSR count). The number of aliphatic hydroxyl groups is 1. The Kier molecular flexibility index (Phi) is 7.44. The summed E-state index contributed by atoms with van der Waals surface area (Å²) in [6.07, 6.45) is 1.75. The van der Waals surface area contributed by atoms with Crippen molar-refractivity contribution in [3.05, 3.63) is 0 Å². The van der Waals surface area contributed by atoms with Crippen molar-refractivity contribution in [1.82, 2.24) is 10.6 Å². The monoisotopic (exact) mass is 273 g/mol. The second-order valence-corrected chi connectivity index (χ2v) is 5.33. The van der Waals surface area contributed by atoms with E-state index in [1.165, 1.54) is 0 Å². The fourth-order valence-electron chi connectivity index (χ4n) is 1.91. The number of hydrogen-bond donors (Lipinski definition) is 4. The van der Waals surface area contributed by atoms with Gasteiger partial charge in [-0.15, -0.1) is 0 Å². The molecule has 1 unspecified atom stereocenters. The van der Waals surface area contributed by atoms with E-state index in [9.17, 15) is 14.7 Å². The fourth-order valence-corrected chi connectivity index (χ4v) is 1.91. The van der Waals surface area contributed by atoms with Gasteiger partial charge in [0.25, 0.3) is 0 Å². The minimum absolute atomic E-state index is 0.128. The molecule has 0 heterocycles. The molecule has 0 aromatic heterocycles. The molecule has 0 saturated carbocycles. The minimum atomic E-state index is -0.719. The van der Waals surface area contributed by atoms with E-state index >= 15 is 0 Å². The van der Waals surface area contributed by atoms with Gasteiger partial charge >= 0.3 is 6.03 Å². The van der Waals surface area contributed by atoms with Crippen molar-refractivity contribution in [3.8, 4) is 0 Å². The number of rotatable bonds is 8. The van der Waals surface area contributed by atoms with Crippen LogP contribution in [0.5, 0.6) is 0 Å². The highest BCUT2D eigenvalue weighted by atomic mass is 16.3. The van der Waals surface area contributed by atoms with E-state index in [4.69, 9.17) is 5.73 Å². The van der Waals surface area contributed by atoms with Crippen molar-refractivity contribution in [2.45, 2.75) is 58.5 Å². The lowest BCUT2D eigenvalue weighted by atomic mass is 9.92. The second-order valence-electron chi connectivity index (χ2n) is 5.33. The summed E-state index contributed by atoms with van der Waals surface area (Å²) in [7, 11) is 0. The highest BCUT2D eigenvalue weighted by Crippen LogP contribution is 2.15. The molecule has 1 atom stereocenters. The number of urea groups is 1. The Bertz CT molecular complexity index is 293. The molecule has 0 spiro atoms. The molecule has 0 aliphatic rings. The van der Waals surface area contributed by atoms with Gasteiger partial charge in [0, 0.05) is 0 Å². The van der Waals surface area contributed by atoms with Gasteiger partial charge in [-0.2, -0.15) is 0 Å². The van der Waals surface area contributed by atoms with Crippen molar-refractivity contribution in [2.24, 2.45) is 11.7 Å².